The number of anilines is 1. The molecule has 5 rings (SSSR count). The zero-order valence-corrected chi connectivity index (χ0v) is 23.6. The Kier molecular flexibility index (Phi) is 8.02. The van der Waals surface area contributed by atoms with E-state index < -0.39 is 11.4 Å². The van der Waals surface area contributed by atoms with Crippen molar-refractivity contribution in [3.05, 3.63) is 41.8 Å². The maximum atomic E-state index is 14.8. The van der Waals surface area contributed by atoms with E-state index in [2.05, 4.69) is 20.6 Å². The molecule has 208 valence electrons. The van der Waals surface area contributed by atoms with Crippen LogP contribution >= 0.6 is 11.3 Å². The van der Waals surface area contributed by atoms with Crippen LogP contribution in [-0.4, -0.2) is 58.1 Å². The van der Waals surface area contributed by atoms with Crippen molar-refractivity contribution in [3.63, 3.8) is 0 Å². The lowest BCUT2D eigenvalue weighted by Crippen LogP contribution is -2.41. The van der Waals surface area contributed by atoms with Crippen molar-refractivity contribution < 1.29 is 18.7 Å². The molecule has 39 heavy (non-hydrogen) atoms. The molecule has 3 heterocycles. The molecule has 2 aliphatic rings. The summed E-state index contributed by atoms with van der Waals surface area (Å²) in [5.41, 5.74) is 0.358. The van der Waals surface area contributed by atoms with E-state index in [9.17, 15) is 14.0 Å². The highest BCUT2D eigenvalue weighted by molar-refractivity contribution is 7.22. The summed E-state index contributed by atoms with van der Waals surface area (Å²) in [6.45, 7) is 7.76. The van der Waals surface area contributed by atoms with Gasteiger partial charge in [0.1, 0.15) is 11.3 Å². The van der Waals surface area contributed by atoms with E-state index in [0.717, 1.165) is 61.7 Å². The number of fused-ring (bicyclic) bond motifs is 1. The molecule has 1 saturated heterocycles. The molecule has 0 radical (unpaired) electrons. The molecular weight excluding hydrogens is 517 g/mol. The van der Waals surface area contributed by atoms with Crippen LogP contribution in [0.5, 0.6) is 0 Å². The van der Waals surface area contributed by atoms with Crippen LogP contribution in [0.3, 0.4) is 0 Å². The van der Waals surface area contributed by atoms with Crippen LogP contribution in [-0.2, 0) is 4.74 Å². The number of carbonyl (C=O) groups is 2. The number of nitrogens with one attached hydrogen (secondary N) is 2. The summed E-state index contributed by atoms with van der Waals surface area (Å²) < 4.78 is 21.2. The second kappa shape index (κ2) is 11.5. The van der Waals surface area contributed by atoms with Crippen molar-refractivity contribution in [2.75, 3.05) is 25.0 Å². The Morgan fingerprint density at radius 1 is 1.18 bits per heavy atom. The number of piperidine rings is 1. The van der Waals surface area contributed by atoms with Gasteiger partial charge in [-0.3, -0.25) is 4.79 Å². The number of rotatable bonds is 8. The van der Waals surface area contributed by atoms with Crippen molar-refractivity contribution in [2.24, 2.45) is 5.92 Å². The second-order valence-corrected chi connectivity index (χ2v) is 12.5. The maximum Gasteiger partial charge on any atom is 0.410 e. The number of halogens is 1. The summed E-state index contributed by atoms with van der Waals surface area (Å²) in [4.78, 5) is 36.0. The van der Waals surface area contributed by atoms with Gasteiger partial charge in [0.15, 0.2) is 5.82 Å². The fourth-order valence-electron chi connectivity index (χ4n) is 4.81. The SMILES string of the molecule is CC(C)(C)OC(=O)N1CCC(CCCNc2ncc(F)c(-c3cc4c(C(=O)NC5CC5)cccc4s3)n2)CC1. The van der Waals surface area contributed by atoms with Crippen LogP contribution in [0, 0.1) is 11.7 Å². The number of amides is 2. The highest BCUT2D eigenvalue weighted by Crippen LogP contribution is 2.36. The van der Waals surface area contributed by atoms with Gasteiger partial charge in [0.2, 0.25) is 5.95 Å². The Bertz CT molecular complexity index is 1340. The van der Waals surface area contributed by atoms with Gasteiger partial charge >= 0.3 is 6.09 Å². The lowest BCUT2D eigenvalue weighted by Gasteiger charge is -2.33. The summed E-state index contributed by atoms with van der Waals surface area (Å²) in [7, 11) is 0. The first-order valence-corrected chi connectivity index (χ1v) is 14.6. The van der Waals surface area contributed by atoms with E-state index >= 15 is 0 Å². The zero-order valence-electron chi connectivity index (χ0n) is 22.8. The summed E-state index contributed by atoms with van der Waals surface area (Å²) in [5, 5.41) is 7.07. The predicted molar refractivity (Wildman–Crippen MR) is 152 cm³/mol. The Labute approximate surface area is 232 Å². The summed E-state index contributed by atoms with van der Waals surface area (Å²) in [5.74, 6) is 0.358. The van der Waals surface area contributed by atoms with E-state index in [1.807, 2.05) is 39.0 Å². The molecule has 1 saturated carbocycles. The van der Waals surface area contributed by atoms with Gasteiger partial charge in [-0.2, -0.15) is 0 Å². The molecule has 0 spiro atoms. The number of ether oxygens (including phenoxy) is 1. The van der Waals surface area contributed by atoms with E-state index in [-0.39, 0.29) is 23.7 Å². The first-order chi connectivity index (χ1) is 18.7. The van der Waals surface area contributed by atoms with Crippen LogP contribution in [0.4, 0.5) is 15.1 Å². The molecular formula is C29H36FN5O3S. The average Bonchev–Trinajstić information content (AvgIpc) is 3.60. The van der Waals surface area contributed by atoms with Gasteiger partial charge in [-0.1, -0.05) is 6.07 Å². The molecule has 0 unspecified atom stereocenters. The Morgan fingerprint density at radius 3 is 2.67 bits per heavy atom. The van der Waals surface area contributed by atoms with Crippen molar-refractivity contribution in [3.8, 4) is 10.6 Å². The fourth-order valence-corrected chi connectivity index (χ4v) is 5.89. The molecule has 0 bridgehead atoms. The fraction of sp³-hybridized carbons (Fsp3) is 0.517. The molecule has 0 atom stereocenters. The lowest BCUT2D eigenvalue weighted by atomic mass is 9.92. The van der Waals surface area contributed by atoms with Crippen LogP contribution in [0.25, 0.3) is 20.7 Å². The van der Waals surface area contributed by atoms with Gasteiger partial charge in [0.25, 0.3) is 5.91 Å². The molecule has 2 aromatic heterocycles. The smallest absolute Gasteiger partial charge is 0.410 e. The number of carbonyl (C=O) groups excluding carboxylic acids is 2. The van der Waals surface area contributed by atoms with Crippen molar-refractivity contribution >= 4 is 39.4 Å². The van der Waals surface area contributed by atoms with Gasteiger partial charge in [0, 0.05) is 41.3 Å². The van der Waals surface area contributed by atoms with Gasteiger partial charge < -0.3 is 20.3 Å². The van der Waals surface area contributed by atoms with Crippen LogP contribution in [0.2, 0.25) is 0 Å². The van der Waals surface area contributed by atoms with Gasteiger partial charge in [-0.05, 0) is 83.4 Å². The number of hydrogen-bond acceptors (Lipinski definition) is 7. The molecule has 2 fully saturated rings. The molecule has 3 aromatic rings. The molecule has 1 aliphatic carbocycles. The minimum Gasteiger partial charge on any atom is -0.444 e. The van der Waals surface area contributed by atoms with Gasteiger partial charge in [0.05, 0.1) is 11.1 Å². The predicted octanol–water partition coefficient (Wildman–Crippen LogP) is 6.23. The number of nitrogens with zero attached hydrogens (tertiary/aromatic N) is 3. The Morgan fingerprint density at radius 2 is 1.95 bits per heavy atom. The van der Waals surface area contributed by atoms with Crippen LogP contribution in [0.15, 0.2) is 30.5 Å². The maximum absolute atomic E-state index is 14.8. The number of likely N-dealkylation sites (tertiary alicyclic amines) is 1. The van der Waals surface area contributed by atoms with Crippen LogP contribution < -0.4 is 10.6 Å². The number of thiophene rings is 1. The second-order valence-electron chi connectivity index (χ2n) is 11.4. The largest absolute Gasteiger partial charge is 0.444 e. The molecule has 1 aromatic carbocycles. The molecule has 1 aliphatic heterocycles. The highest BCUT2D eigenvalue weighted by Gasteiger charge is 2.27. The molecule has 2 amide bonds. The Balaban J connectivity index is 1.15. The lowest BCUT2D eigenvalue weighted by molar-refractivity contribution is 0.0181. The molecule has 8 nitrogen and oxygen atoms in total. The first-order valence-electron chi connectivity index (χ1n) is 13.7. The first kappa shape index (κ1) is 27.3. The molecule has 2 N–H and O–H groups in total. The van der Waals surface area contributed by atoms with Crippen molar-refractivity contribution in [1.29, 1.82) is 0 Å². The number of hydrogen-bond donors (Lipinski definition) is 2. The topological polar surface area (TPSA) is 96.5 Å². The van der Waals surface area contributed by atoms with E-state index in [1.165, 1.54) is 17.5 Å². The zero-order chi connectivity index (χ0) is 27.6. The Hall–Kier alpha value is -3.27. The van der Waals surface area contributed by atoms with Crippen molar-refractivity contribution in [1.82, 2.24) is 20.2 Å². The third-order valence-electron chi connectivity index (χ3n) is 7.03. The minimum absolute atomic E-state index is 0.0894. The highest BCUT2D eigenvalue weighted by atomic mass is 32.1. The third kappa shape index (κ3) is 7.03. The van der Waals surface area contributed by atoms with Gasteiger partial charge in [-0.15, -0.1) is 11.3 Å². The summed E-state index contributed by atoms with van der Waals surface area (Å²) in [6, 6.07) is 7.72. The number of benzene rings is 1. The third-order valence-corrected chi connectivity index (χ3v) is 8.14. The van der Waals surface area contributed by atoms with E-state index in [1.54, 1.807) is 11.0 Å². The van der Waals surface area contributed by atoms with Gasteiger partial charge in [-0.25, -0.2) is 19.2 Å². The average molecular weight is 554 g/mol. The quantitative estimate of drug-likeness (QED) is 0.321. The molecule has 10 heteroatoms. The van der Waals surface area contributed by atoms with E-state index in [4.69, 9.17) is 4.74 Å². The van der Waals surface area contributed by atoms with Crippen molar-refractivity contribution in [2.45, 2.75) is 70.9 Å². The minimum atomic E-state index is -0.493. The number of aromatic nitrogens is 2. The van der Waals surface area contributed by atoms with Crippen LogP contribution in [0.1, 0.15) is 69.7 Å². The monoisotopic (exact) mass is 553 g/mol. The standard InChI is InChI=1S/C29H36FN5O3S/c1-29(2,3)38-28(37)35-14-11-18(12-15-35)6-5-13-31-27-32-17-22(30)25(34-27)24-16-21-20(7-4-8-23(21)39-24)26(36)33-19-9-10-19/h4,7-8,16-19H,5-6,9-15H2,1-3H3,(H,33,36)(H,31,32,34). The summed E-state index contributed by atoms with van der Waals surface area (Å²) >= 11 is 1.42. The normalized spacial score (nSPS) is 16.4. The van der Waals surface area contributed by atoms with E-state index in [0.29, 0.717) is 28.9 Å². The summed E-state index contributed by atoms with van der Waals surface area (Å²) in [6.07, 6.45) is 6.88.